The van der Waals surface area contributed by atoms with Crippen LogP contribution in [-0.2, 0) is 0 Å². The molecule has 1 aliphatic carbocycles. The number of hydrogen-bond donors (Lipinski definition) is 2. The van der Waals surface area contributed by atoms with Gasteiger partial charge < -0.3 is 10.4 Å². The topological polar surface area (TPSA) is 32.3 Å². The highest BCUT2D eigenvalue weighted by Crippen LogP contribution is 2.19. The van der Waals surface area contributed by atoms with Crippen LogP contribution >= 0.6 is 0 Å². The Morgan fingerprint density at radius 1 is 1.21 bits per heavy atom. The van der Waals surface area contributed by atoms with Crippen LogP contribution in [0.3, 0.4) is 0 Å². The molecule has 0 spiro atoms. The minimum Gasteiger partial charge on any atom is -0.396 e. The molecular formula is C12H23NO. The first-order chi connectivity index (χ1) is 6.93. The first kappa shape index (κ1) is 11.7. The third-order valence-electron chi connectivity index (χ3n) is 2.77. The fourth-order valence-corrected chi connectivity index (χ4v) is 1.88. The van der Waals surface area contributed by atoms with Crippen molar-refractivity contribution >= 4 is 0 Å². The van der Waals surface area contributed by atoms with Gasteiger partial charge in [0.15, 0.2) is 0 Å². The van der Waals surface area contributed by atoms with E-state index in [1.165, 1.54) is 32.1 Å². The van der Waals surface area contributed by atoms with Crippen molar-refractivity contribution in [2.45, 2.75) is 44.9 Å². The Balaban J connectivity index is 1.80. The maximum Gasteiger partial charge on any atom is 0.0431 e. The molecule has 0 aromatic heterocycles. The molecule has 2 nitrogen and oxygen atoms in total. The third kappa shape index (κ3) is 5.40. The number of allylic oxidation sites excluding steroid dienone is 1. The second-order valence-corrected chi connectivity index (χ2v) is 4.04. The predicted molar refractivity (Wildman–Crippen MR) is 60.4 cm³/mol. The van der Waals surface area contributed by atoms with Crippen molar-refractivity contribution in [3.05, 3.63) is 11.6 Å². The molecule has 1 aliphatic rings. The zero-order chi connectivity index (χ0) is 10.1. The van der Waals surface area contributed by atoms with Crippen LogP contribution in [0.15, 0.2) is 11.6 Å². The normalized spacial score (nSPS) is 15.9. The second-order valence-electron chi connectivity index (χ2n) is 4.04. The smallest absolute Gasteiger partial charge is 0.0431 e. The van der Waals surface area contributed by atoms with Gasteiger partial charge in [0.05, 0.1) is 0 Å². The van der Waals surface area contributed by atoms with Gasteiger partial charge in [0.2, 0.25) is 0 Å². The van der Waals surface area contributed by atoms with Crippen molar-refractivity contribution in [1.82, 2.24) is 5.32 Å². The Kier molecular flexibility index (Phi) is 6.71. The van der Waals surface area contributed by atoms with Crippen molar-refractivity contribution in [3.63, 3.8) is 0 Å². The molecule has 0 amide bonds. The Morgan fingerprint density at radius 3 is 2.86 bits per heavy atom. The summed E-state index contributed by atoms with van der Waals surface area (Å²) in [6.45, 7) is 2.57. The lowest BCUT2D eigenvalue weighted by molar-refractivity contribution is 0.283. The van der Waals surface area contributed by atoms with Crippen LogP contribution in [0.4, 0.5) is 0 Å². The fraction of sp³-hybridized carbons (Fsp3) is 0.833. The molecule has 0 fully saturated rings. The standard InChI is InChI=1S/C12H23NO/c14-11-5-1-4-9-13-10-8-12-6-2-3-7-12/h6,13-14H,1-5,7-11H2. The average Bonchev–Trinajstić information content (AvgIpc) is 2.69. The first-order valence-electron chi connectivity index (χ1n) is 5.93. The lowest BCUT2D eigenvalue weighted by Crippen LogP contribution is -2.17. The Bertz CT molecular complexity index is 166. The maximum absolute atomic E-state index is 8.58. The van der Waals surface area contributed by atoms with Crippen molar-refractivity contribution in [2.75, 3.05) is 19.7 Å². The van der Waals surface area contributed by atoms with Crippen LogP contribution in [0.2, 0.25) is 0 Å². The largest absolute Gasteiger partial charge is 0.396 e. The molecule has 0 aromatic carbocycles. The average molecular weight is 197 g/mol. The highest BCUT2D eigenvalue weighted by Gasteiger charge is 2.02. The molecule has 0 unspecified atom stereocenters. The highest BCUT2D eigenvalue weighted by molar-refractivity contribution is 5.07. The summed E-state index contributed by atoms with van der Waals surface area (Å²) < 4.78 is 0. The number of hydrogen-bond acceptors (Lipinski definition) is 2. The summed E-state index contributed by atoms with van der Waals surface area (Å²) >= 11 is 0. The van der Waals surface area contributed by atoms with Crippen LogP contribution in [0.5, 0.6) is 0 Å². The number of unbranched alkanes of at least 4 members (excludes halogenated alkanes) is 2. The summed E-state index contributed by atoms with van der Waals surface area (Å²) in [4.78, 5) is 0. The summed E-state index contributed by atoms with van der Waals surface area (Å²) in [6.07, 6.45) is 10.9. The molecule has 0 saturated carbocycles. The van der Waals surface area contributed by atoms with Crippen LogP contribution in [0.25, 0.3) is 0 Å². The summed E-state index contributed by atoms with van der Waals surface area (Å²) in [5, 5.41) is 12.0. The van der Waals surface area contributed by atoms with Gasteiger partial charge in [0.1, 0.15) is 0 Å². The molecule has 2 N–H and O–H groups in total. The molecular weight excluding hydrogens is 174 g/mol. The Morgan fingerprint density at radius 2 is 2.14 bits per heavy atom. The van der Waals surface area contributed by atoms with Gasteiger partial charge in [-0.2, -0.15) is 0 Å². The van der Waals surface area contributed by atoms with Crippen molar-refractivity contribution in [3.8, 4) is 0 Å². The van der Waals surface area contributed by atoms with E-state index in [1.54, 1.807) is 5.57 Å². The molecule has 0 bridgehead atoms. The minimum atomic E-state index is 0.340. The molecule has 0 radical (unpaired) electrons. The van der Waals surface area contributed by atoms with Crippen molar-refractivity contribution in [1.29, 1.82) is 0 Å². The fourth-order valence-electron chi connectivity index (χ4n) is 1.88. The van der Waals surface area contributed by atoms with E-state index in [0.29, 0.717) is 6.61 Å². The zero-order valence-corrected chi connectivity index (χ0v) is 9.10. The molecule has 2 heteroatoms. The maximum atomic E-state index is 8.58. The Labute approximate surface area is 87.4 Å². The van der Waals surface area contributed by atoms with E-state index in [4.69, 9.17) is 5.11 Å². The lowest BCUT2D eigenvalue weighted by Gasteiger charge is -2.04. The van der Waals surface area contributed by atoms with Crippen LogP contribution in [0.1, 0.15) is 44.9 Å². The summed E-state index contributed by atoms with van der Waals surface area (Å²) in [5.74, 6) is 0. The van der Waals surface area contributed by atoms with Crippen LogP contribution in [-0.4, -0.2) is 24.8 Å². The number of rotatable bonds is 8. The van der Waals surface area contributed by atoms with Crippen LogP contribution < -0.4 is 5.32 Å². The molecule has 0 heterocycles. The van der Waals surface area contributed by atoms with Crippen molar-refractivity contribution < 1.29 is 5.11 Å². The van der Waals surface area contributed by atoms with Gasteiger partial charge in [0.25, 0.3) is 0 Å². The van der Waals surface area contributed by atoms with E-state index in [9.17, 15) is 0 Å². The van der Waals surface area contributed by atoms with Crippen LogP contribution in [0, 0.1) is 0 Å². The van der Waals surface area contributed by atoms with Gasteiger partial charge in [-0.05, 0) is 58.0 Å². The van der Waals surface area contributed by atoms with E-state index in [1.807, 2.05) is 0 Å². The number of nitrogens with one attached hydrogen (secondary N) is 1. The molecule has 0 saturated heterocycles. The predicted octanol–water partition coefficient (Wildman–Crippen LogP) is 2.24. The first-order valence-corrected chi connectivity index (χ1v) is 5.93. The van der Waals surface area contributed by atoms with Gasteiger partial charge in [-0.3, -0.25) is 0 Å². The third-order valence-corrected chi connectivity index (χ3v) is 2.77. The molecule has 82 valence electrons. The van der Waals surface area contributed by atoms with Gasteiger partial charge in [-0.15, -0.1) is 0 Å². The molecule has 14 heavy (non-hydrogen) atoms. The van der Waals surface area contributed by atoms with Crippen molar-refractivity contribution in [2.24, 2.45) is 0 Å². The van der Waals surface area contributed by atoms with E-state index in [0.717, 1.165) is 25.9 Å². The van der Waals surface area contributed by atoms with E-state index in [-0.39, 0.29) is 0 Å². The molecule has 0 aromatic rings. The summed E-state index contributed by atoms with van der Waals surface area (Å²) in [5.41, 5.74) is 1.65. The van der Waals surface area contributed by atoms with Gasteiger partial charge in [-0.25, -0.2) is 0 Å². The van der Waals surface area contributed by atoms with E-state index >= 15 is 0 Å². The number of aliphatic hydroxyl groups excluding tert-OH is 1. The zero-order valence-electron chi connectivity index (χ0n) is 9.10. The van der Waals surface area contributed by atoms with E-state index in [2.05, 4.69) is 11.4 Å². The summed E-state index contributed by atoms with van der Waals surface area (Å²) in [7, 11) is 0. The van der Waals surface area contributed by atoms with Gasteiger partial charge in [-0.1, -0.05) is 11.6 Å². The SMILES string of the molecule is OCCCCCNCCC1=CCCC1. The van der Waals surface area contributed by atoms with E-state index < -0.39 is 0 Å². The lowest BCUT2D eigenvalue weighted by atomic mass is 10.1. The second kappa shape index (κ2) is 8.01. The Hall–Kier alpha value is -0.340. The van der Waals surface area contributed by atoms with Gasteiger partial charge >= 0.3 is 0 Å². The van der Waals surface area contributed by atoms with Gasteiger partial charge in [0, 0.05) is 6.61 Å². The highest BCUT2D eigenvalue weighted by atomic mass is 16.2. The molecule has 0 aliphatic heterocycles. The number of aliphatic hydroxyl groups is 1. The molecule has 0 atom stereocenters. The quantitative estimate of drug-likeness (QED) is 0.462. The minimum absolute atomic E-state index is 0.340. The molecule has 1 rings (SSSR count). The monoisotopic (exact) mass is 197 g/mol. The summed E-state index contributed by atoms with van der Waals surface area (Å²) in [6, 6.07) is 0.